The van der Waals surface area contributed by atoms with E-state index in [-0.39, 0.29) is 12.1 Å². The third kappa shape index (κ3) is 2.95. The van der Waals surface area contributed by atoms with Gasteiger partial charge < -0.3 is 5.32 Å². The molecule has 3 aromatic carbocycles. The lowest BCUT2D eigenvalue weighted by molar-refractivity contribution is 0.0993. The van der Waals surface area contributed by atoms with Crippen molar-refractivity contribution in [2.45, 2.75) is 20.0 Å². The molecule has 0 radical (unpaired) electrons. The molecule has 3 nitrogen and oxygen atoms in total. The molecule has 1 N–H and O–H groups in total. The highest BCUT2D eigenvalue weighted by Crippen LogP contribution is 2.38. The standard InChI is InChI=1S/C22H19ClN2O/c1-14-11-15(2)13-17(12-14)24-21-19-5-3-4-6-20(19)22(26)25(21)18-9-7-16(23)8-10-18/h3-13,21,24H,1-2H3. The van der Waals surface area contributed by atoms with Crippen molar-refractivity contribution in [3.8, 4) is 0 Å². The molecule has 1 amide bonds. The average molecular weight is 363 g/mol. The molecule has 1 aliphatic heterocycles. The number of carbonyl (C=O) groups is 1. The lowest BCUT2D eigenvalue weighted by Gasteiger charge is -2.27. The number of fused-ring (bicyclic) bond motifs is 1. The molecule has 0 aromatic heterocycles. The zero-order chi connectivity index (χ0) is 18.3. The Kier molecular flexibility index (Phi) is 4.17. The second-order valence-electron chi connectivity index (χ2n) is 6.66. The Hall–Kier alpha value is -2.78. The summed E-state index contributed by atoms with van der Waals surface area (Å²) < 4.78 is 0. The molecule has 26 heavy (non-hydrogen) atoms. The molecule has 0 fully saturated rings. The number of hydrogen-bond donors (Lipinski definition) is 1. The number of hydrogen-bond acceptors (Lipinski definition) is 2. The zero-order valence-corrected chi connectivity index (χ0v) is 15.4. The largest absolute Gasteiger partial charge is 0.361 e. The van der Waals surface area contributed by atoms with E-state index >= 15 is 0 Å². The molecule has 130 valence electrons. The van der Waals surface area contributed by atoms with Crippen molar-refractivity contribution >= 4 is 28.9 Å². The Morgan fingerprint density at radius 3 is 2.27 bits per heavy atom. The van der Waals surface area contributed by atoms with Crippen molar-refractivity contribution in [3.05, 3.63) is 94.0 Å². The van der Waals surface area contributed by atoms with Crippen LogP contribution in [0.25, 0.3) is 0 Å². The lowest BCUT2D eigenvalue weighted by Crippen LogP contribution is -2.32. The summed E-state index contributed by atoms with van der Waals surface area (Å²) >= 11 is 6.03. The van der Waals surface area contributed by atoms with Crippen molar-refractivity contribution in [3.63, 3.8) is 0 Å². The first kappa shape index (κ1) is 16.7. The molecule has 1 unspecified atom stereocenters. The maximum Gasteiger partial charge on any atom is 0.260 e. The first-order valence-electron chi connectivity index (χ1n) is 8.56. The van der Waals surface area contributed by atoms with Gasteiger partial charge in [-0.1, -0.05) is 35.9 Å². The maximum atomic E-state index is 13.1. The Morgan fingerprint density at radius 1 is 0.923 bits per heavy atom. The summed E-state index contributed by atoms with van der Waals surface area (Å²) in [6.07, 6.45) is -0.263. The first-order valence-corrected chi connectivity index (χ1v) is 8.93. The molecule has 0 saturated carbocycles. The quantitative estimate of drug-likeness (QED) is 0.645. The molecule has 4 rings (SSSR count). The summed E-state index contributed by atoms with van der Waals surface area (Å²) in [6.45, 7) is 4.14. The number of rotatable bonds is 3. The summed E-state index contributed by atoms with van der Waals surface area (Å²) in [4.78, 5) is 14.9. The molecule has 4 heteroatoms. The van der Waals surface area contributed by atoms with Crippen LogP contribution in [-0.4, -0.2) is 5.91 Å². The molecule has 0 spiro atoms. The lowest BCUT2D eigenvalue weighted by atomic mass is 10.1. The molecule has 1 atom stereocenters. The predicted octanol–water partition coefficient (Wildman–Crippen LogP) is 5.73. The van der Waals surface area contributed by atoms with E-state index < -0.39 is 0 Å². The monoisotopic (exact) mass is 362 g/mol. The van der Waals surface area contributed by atoms with Crippen molar-refractivity contribution in [2.24, 2.45) is 0 Å². The second kappa shape index (κ2) is 6.50. The number of nitrogens with zero attached hydrogens (tertiary/aromatic N) is 1. The van der Waals surface area contributed by atoms with Gasteiger partial charge >= 0.3 is 0 Å². The molecule has 3 aromatic rings. The third-order valence-electron chi connectivity index (χ3n) is 4.59. The minimum absolute atomic E-state index is 0.00945. The van der Waals surface area contributed by atoms with Gasteiger partial charge in [-0.05, 0) is 67.4 Å². The fourth-order valence-corrected chi connectivity index (χ4v) is 3.67. The van der Waals surface area contributed by atoms with Crippen molar-refractivity contribution in [2.75, 3.05) is 10.2 Å². The number of amides is 1. The Morgan fingerprint density at radius 2 is 1.58 bits per heavy atom. The van der Waals surface area contributed by atoms with Crippen LogP contribution in [0.3, 0.4) is 0 Å². The average Bonchev–Trinajstić information content (AvgIpc) is 2.88. The number of carbonyl (C=O) groups excluding carboxylic acids is 1. The van der Waals surface area contributed by atoms with Crippen molar-refractivity contribution in [1.29, 1.82) is 0 Å². The van der Waals surface area contributed by atoms with Crippen molar-refractivity contribution in [1.82, 2.24) is 0 Å². The molecule has 0 bridgehead atoms. The third-order valence-corrected chi connectivity index (χ3v) is 4.84. The van der Waals surface area contributed by atoms with Gasteiger partial charge in [-0.25, -0.2) is 0 Å². The summed E-state index contributed by atoms with van der Waals surface area (Å²) in [6, 6.07) is 21.4. The van der Waals surface area contributed by atoms with E-state index in [0.29, 0.717) is 5.02 Å². The number of benzene rings is 3. The highest BCUT2D eigenvalue weighted by atomic mass is 35.5. The van der Waals surface area contributed by atoms with E-state index in [1.165, 1.54) is 11.1 Å². The summed E-state index contributed by atoms with van der Waals surface area (Å²) in [7, 11) is 0. The van der Waals surface area contributed by atoms with Gasteiger partial charge in [0.1, 0.15) is 6.17 Å². The van der Waals surface area contributed by atoms with E-state index in [1.807, 2.05) is 36.4 Å². The maximum absolute atomic E-state index is 13.1. The minimum Gasteiger partial charge on any atom is -0.361 e. The van der Waals surface area contributed by atoms with Gasteiger partial charge in [0, 0.05) is 27.5 Å². The van der Waals surface area contributed by atoms with Gasteiger partial charge in [0.05, 0.1) is 0 Å². The smallest absolute Gasteiger partial charge is 0.260 e. The number of aryl methyl sites for hydroxylation is 2. The molecule has 0 saturated heterocycles. The van der Waals surface area contributed by atoms with Gasteiger partial charge in [-0.2, -0.15) is 0 Å². The highest BCUT2D eigenvalue weighted by molar-refractivity contribution is 6.30. The number of halogens is 1. The SMILES string of the molecule is Cc1cc(C)cc(NC2c3ccccc3C(=O)N2c2ccc(Cl)cc2)c1. The summed E-state index contributed by atoms with van der Waals surface area (Å²) in [5, 5.41) is 4.19. The van der Waals surface area contributed by atoms with E-state index in [4.69, 9.17) is 11.6 Å². The normalized spacial score (nSPS) is 15.9. The van der Waals surface area contributed by atoms with Crippen LogP contribution in [0.2, 0.25) is 5.02 Å². The Bertz CT molecular complexity index is 961. The van der Waals surface area contributed by atoms with Crippen LogP contribution in [0, 0.1) is 13.8 Å². The van der Waals surface area contributed by atoms with Crippen LogP contribution < -0.4 is 10.2 Å². The second-order valence-corrected chi connectivity index (χ2v) is 7.10. The van der Waals surface area contributed by atoms with Crippen LogP contribution in [0.4, 0.5) is 11.4 Å². The molecular formula is C22H19ClN2O. The van der Waals surface area contributed by atoms with Crippen LogP contribution in [0.1, 0.15) is 33.2 Å². The first-order chi connectivity index (χ1) is 12.5. The summed E-state index contributed by atoms with van der Waals surface area (Å²) in [5.74, 6) is -0.00945. The van der Waals surface area contributed by atoms with E-state index in [2.05, 4.69) is 37.4 Å². The van der Waals surface area contributed by atoms with Gasteiger partial charge in [0.15, 0.2) is 0 Å². The molecule has 1 aliphatic rings. The number of nitrogens with one attached hydrogen (secondary N) is 1. The predicted molar refractivity (Wildman–Crippen MR) is 107 cm³/mol. The number of anilines is 2. The Labute approximate surface area is 158 Å². The molecule has 0 aliphatic carbocycles. The fourth-order valence-electron chi connectivity index (χ4n) is 3.54. The molecule has 1 heterocycles. The van der Waals surface area contributed by atoms with Gasteiger partial charge in [-0.3, -0.25) is 9.69 Å². The zero-order valence-electron chi connectivity index (χ0n) is 14.7. The minimum atomic E-state index is -0.263. The van der Waals surface area contributed by atoms with Gasteiger partial charge in [0.2, 0.25) is 0 Å². The van der Waals surface area contributed by atoms with Gasteiger partial charge in [0.25, 0.3) is 5.91 Å². The van der Waals surface area contributed by atoms with E-state index in [1.54, 1.807) is 17.0 Å². The van der Waals surface area contributed by atoms with Crippen molar-refractivity contribution < 1.29 is 4.79 Å². The van der Waals surface area contributed by atoms with Crippen LogP contribution in [0.15, 0.2) is 66.7 Å². The topological polar surface area (TPSA) is 32.3 Å². The fraction of sp³-hybridized carbons (Fsp3) is 0.136. The molecular weight excluding hydrogens is 344 g/mol. The summed E-state index contributed by atoms with van der Waals surface area (Å²) in [5.41, 5.74) is 5.88. The Balaban J connectivity index is 1.79. The van der Waals surface area contributed by atoms with E-state index in [0.717, 1.165) is 22.5 Å². The van der Waals surface area contributed by atoms with Crippen LogP contribution in [-0.2, 0) is 0 Å². The highest BCUT2D eigenvalue weighted by Gasteiger charge is 2.37. The van der Waals surface area contributed by atoms with Crippen LogP contribution in [0.5, 0.6) is 0 Å². The van der Waals surface area contributed by atoms with Gasteiger partial charge in [-0.15, -0.1) is 0 Å². The van der Waals surface area contributed by atoms with Crippen LogP contribution >= 0.6 is 11.6 Å². The van der Waals surface area contributed by atoms with E-state index in [9.17, 15) is 4.79 Å².